The van der Waals surface area contributed by atoms with Gasteiger partial charge in [-0.3, -0.25) is 10.0 Å². The summed E-state index contributed by atoms with van der Waals surface area (Å²) >= 11 is 2.69. The van der Waals surface area contributed by atoms with Gasteiger partial charge in [0.25, 0.3) is 5.92 Å². The lowest BCUT2D eigenvalue weighted by Gasteiger charge is -2.31. The highest BCUT2D eigenvalue weighted by molar-refractivity contribution is 7.97. The van der Waals surface area contributed by atoms with Gasteiger partial charge in [-0.25, -0.2) is 13.8 Å². The van der Waals surface area contributed by atoms with Crippen molar-refractivity contribution in [1.82, 2.24) is 9.88 Å². The molecule has 1 saturated heterocycles. The second kappa shape index (κ2) is 13.9. The van der Waals surface area contributed by atoms with Gasteiger partial charge in [0.1, 0.15) is 18.1 Å². The molecule has 0 amide bonds. The van der Waals surface area contributed by atoms with Crippen molar-refractivity contribution < 1.29 is 18.3 Å². The van der Waals surface area contributed by atoms with Crippen LogP contribution in [0.2, 0.25) is 0 Å². The molecule has 0 saturated carbocycles. The fourth-order valence-electron chi connectivity index (χ4n) is 3.73. The lowest BCUT2D eigenvalue weighted by atomic mass is 10.1. The van der Waals surface area contributed by atoms with Crippen LogP contribution in [0.5, 0.6) is 11.5 Å². The maximum absolute atomic E-state index is 13.3. The van der Waals surface area contributed by atoms with Gasteiger partial charge in [0.2, 0.25) is 0 Å². The topological polar surface area (TPSA) is 72.6 Å². The maximum Gasteiger partial charge on any atom is 0.250 e. The highest BCUT2D eigenvalue weighted by Gasteiger charge is 2.33. The van der Waals surface area contributed by atoms with Crippen LogP contribution < -0.4 is 19.9 Å². The summed E-state index contributed by atoms with van der Waals surface area (Å²) in [6, 6.07) is 13.5. The van der Waals surface area contributed by atoms with Crippen molar-refractivity contribution in [3.8, 4) is 22.8 Å². The first kappa shape index (κ1) is 29.2. The Hall–Kier alpha value is -2.40. The first-order valence-electron chi connectivity index (χ1n) is 12.5. The Labute approximate surface area is 226 Å². The van der Waals surface area contributed by atoms with Crippen molar-refractivity contribution in [2.45, 2.75) is 57.5 Å². The summed E-state index contributed by atoms with van der Waals surface area (Å²) in [5, 5.41) is 11.8. The van der Waals surface area contributed by atoms with Gasteiger partial charge in [-0.05, 0) is 68.3 Å². The number of alkyl halides is 2. The first-order valence-corrected chi connectivity index (χ1v) is 14.3. The molecule has 1 aromatic heterocycles. The molecule has 0 radical (unpaired) electrons. The molecule has 37 heavy (non-hydrogen) atoms. The number of likely N-dealkylation sites (tertiary alicyclic amines) is 1. The van der Waals surface area contributed by atoms with Crippen molar-refractivity contribution in [2.24, 2.45) is 5.14 Å². The molecule has 202 valence electrons. The van der Waals surface area contributed by atoms with E-state index >= 15 is 0 Å². The summed E-state index contributed by atoms with van der Waals surface area (Å²) in [5.74, 6) is -1.03. The molecule has 6 nitrogen and oxygen atoms in total. The number of piperidine rings is 1. The molecule has 0 atom stereocenters. The van der Waals surface area contributed by atoms with Gasteiger partial charge in [0.05, 0.1) is 17.5 Å². The summed E-state index contributed by atoms with van der Waals surface area (Å²) in [6.07, 6.45) is -0.102. The average molecular weight is 551 g/mol. The van der Waals surface area contributed by atoms with Crippen molar-refractivity contribution >= 4 is 34.1 Å². The van der Waals surface area contributed by atoms with Crippen LogP contribution in [-0.4, -0.2) is 48.2 Å². The Morgan fingerprint density at radius 3 is 2.49 bits per heavy atom. The van der Waals surface area contributed by atoms with E-state index in [0.717, 1.165) is 38.5 Å². The van der Waals surface area contributed by atoms with Gasteiger partial charge in [0, 0.05) is 48.3 Å². The summed E-state index contributed by atoms with van der Waals surface area (Å²) in [6.45, 7) is 9.91. The molecule has 1 aliphatic heterocycles. The SMILES string of the molecule is CC.CC(C)Oc1ccc(SN)cc1Nc1nc(-c2ccc(OCCN3CCC(F)(F)CC3)cc2)cs1. The first-order chi connectivity index (χ1) is 17.8. The van der Waals surface area contributed by atoms with E-state index in [4.69, 9.17) is 19.6 Å². The molecule has 2 aromatic carbocycles. The molecule has 0 bridgehead atoms. The Kier molecular flexibility index (Phi) is 11.0. The fourth-order valence-corrected chi connectivity index (χ4v) is 4.80. The van der Waals surface area contributed by atoms with Crippen LogP contribution in [0.25, 0.3) is 11.3 Å². The third kappa shape index (κ3) is 8.84. The maximum atomic E-state index is 13.3. The van der Waals surface area contributed by atoms with Gasteiger partial charge in [-0.1, -0.05) is 13.8 Å². The van der Waals surface area contributed by atoms with Gasteiger partial charge < -0.3 is 14.8 Å². The number of hydrogen-bond donors (Lipinski definition) is 2. The lowest BCUT2D eigenvalue weighted by Crippen LogP contribution is -2.41. The number of anilines is 2. The molecule has 0 spiro atoms. The summed E-state index contributed by atoms with van der Waals surface area (Å²) in [7, 11) is 0. The van der Waals surface area contributed by atoms with Crippen molar-refractivity contribution in [3.63, 3.8) is 0 Å². The lowest BCUT2D eigenvalue weighted by molar-refractivity contribution is -0.0564. The number of benzene rings is 2. The van der Waals surface area contributed by atoms with Crippen LogP contribution in [0.15, 0.2) is 52.7 Å². The largest absolute Gasteiger partial charge is 0.492 e. The van der Waals surface area contributed by atoms with E-state index in [2.05, 4.69) is 5.32 Å². The summed E-state index contributed by atoms with van der Waals surface area (Å²) in [5.41, 5.74) is 2.65. The van der Waals surface area contributed by atoms with E-state index < -0.39 is 5.92 Å². The number of nitrogens with two attached hydrogens (primary N) is 1. The Morgan fingerprint density at radius 2 is 1.84 bits per heavy atom. The quantitative estimate of drug-likeness (QED) is 0.254. The zero-order chi connectivity index (χ0) is 26.8. The molecule has 2 heterocycles. The number of nitrogens with one attached hydrogen (secondary N) is 1. The highest BCUT2D eigenvalue weighted by Crippen LogP contribution is 2.34. The fraction of sp³-hybridized carbons (Fsp3) is 0.444. The number of nitrogens with zero attached hydrogens (tertiary/aromatic N) is 2. The van der Waals surface area contributed by atoms with Gasteiger partial charge in [-0.2, -0.15) is 0 Å². The van der Waals surface area contributed by atoms with Crippen LogP contribution >= 0.6 is 23.3 Å². The van der Waals surface area contributed by atoms with E-state index in [1.54, 1.807) is 0 Å². The Morgan fingerprint density at radius 1 is 1.14 bits per heavy atom. The van der Waals surface area contributed by atoms with Gasteiger partial charge in [-0.15, -0.1) is 11.3 Å². The number of halogens is 2. The van der Waals surface area contributed by atoms with Crippen molar-refractivity contribution in [3.05, 3.63) is 47.8 Å². The van der Waals surface area contributed by atoms with E-state index in [1.807, 2.05) is 80.4 Å². The zero-order valence-electron chi connectivity index (χ0n) is 21.8. The average Bonchev–Trinajstić information content (AvgIpc) is 3.36. The smallest absolute Gasteiger partial charge is 0.250 e. The minimum atomic E-state index is -2.52. The number of thiazole rings is 1. The van der Waals surface area contributed by atoms with Crippen LogP contribution in [0.3, 0.4) is 0 Å². The number of ether oxygens (including phenoxy) is 2. The second-order valence-electron chi connectivity index (χ2n) is 8.68. The van der Waals surface area contributed by atoms with Gasteiger partial charge >= 0.3 is 0 Å². The minimum absolute atomic E-state index is 0.0455. The molecule has 4 rings (SSSR count). The second-order valence-corrected chi connectivity index (χ2v) is 10.2. The van der Waals surface area contributed by atoms with Gasteiger partial charge in [0.15, 0.2) is 5.13 Å². The molecule has 0 aliphatic carbocycles. The predicted octanol–water partition coefficient (Wildman–Crippen LogP) is 7.44. The van der Waals surface area contributed by atoms with E-state index in [0.29, 0.717) is 26.2 Å². The van der Waals surface area contributed by atoms with Crippen LogP contribution in [0.4, 0.5) is 19.6 Å². The van der Waals surface area contributed by atoms with Crippen LogP contribution in [-0.2, 0) is 0 Å². The van der Waals surface area contributed by atoms with Crippen molar-refractivity contribution in [1.29, 1.82) is 0 Å². The van der Waals surface area contributed by atoms with E-state index in [1.165, 1.54) is 23.3 Å². The molecule has 3 N–H and O–H groups in total. The third-order valence-electron chi connectivity index (χ3n) is 5.61. The third-order valence-corrected chi connectivity index (χ3v) is 6.89. The van der Waals surface area contributed by atoms with Crippen molar-refractivity contribution in [2.75, 3.05) is 31.6 Å². The Balaban J connectivity index is 0.00000186. The molecular formula is C27H36F2N4O2S2. The Bertz CT molecular complexity index is 1100. The van der Waals surface area contributed by atoms with E-state index in [-0.39, 0.29) is 18.9 Å². The summed E-state index contributed by atoms with van der Waals surface area (Å²) in [4.78, 5) is 7.67. The monoisotopic (exact) mass is 550 g/mol. The minimum Gasteiger partial charge on any atom is -0.492 e. The standard InChI is InChI=1S/C25H30F2N4O2S2.C2H6/c1-17(2)33-23-8-7-20(35-28)15-21(23)29-24-30-22(16-34-24)18-3-5-19(6-4-18)32-14-13-31-11-9-25(26,27)10-12-31;1-2/h3-8,15-17H,9-14,28H2,1-2H3,(H,29,30);1-2H3. The molecule has 0 unspecified atom stereocenters. The predicted molar refractivity (Wildman–Crippen MR) is 151 cm³/mol. The summed E-state index contributed by atoms with van der Waals surface area (Å²) < 4.78 is 38.3. The molecule has 1 aliphatic rings. The highest BCUT2D eigenvalue weighted by atomic mass is 32.2. The zero-order valence-corrected chi connectivity index (χ0v) is 23.4. The molecule has 3 aromatic rings. The van der Waals surface area contributed by atoms with E-state index in [9.17, 15) is 8.78 Å². The molecular weight excluding hydrogens is 514 g/mol. The number of aromatic nitrogens is 1. The number of rotatable bonds is 10. The normalized spacial score (nSPS) is 15.1. The number of hydrogen-bond acceptors (Lipinski definition) is 8. The molecule has 10 heteroatoms. The van der Waals surface area contributed by atoms with Crippen LogP contribution in [0, 0.1) is 0 Å². The van der Waals surface area contributed by atoms with Crippen LogP contribution in [0.1, 0.15) is 40.5 Å². The molecule has 1 fully saturated rings.